The van der Waals surface area contributed by atoms with Crippen LogP contribution in [0.2, 0.25) is 0 Å². The molecule has 1 amide bonds. The van der Waals surface area contributed by atoms with Gasteiger partial charge in [-0.1, -0.05) is 37.0 Å². The summed E-state index contributed by atoms with van der Waals surface area (Å²) in [6.45, 7) is 7.08. The van der Waals surface area contributed by atoms with Crippen molar-refractivity contribution in [2.75, 3.05) is 25.6 Å². The van der Waals surface area contributed by atoms with Crippen LogP contribution < -0.4 is 10.9 Å². The lowest BCUT2D eigenvalue weighted by molar-refractivity contribution is -0.123. The Labute approximate surface area is 185 Å². The van der Waals surface area contributed by atoms with Crippen LogP contribution in [0.4, 0.5) is 5.82 Å². The Morgan fingerprint density at radius 2 is 2.13 bits per heavy atom. The van der Waals surface area contributed by atoms with E-state index >= 15 is 0 Å². The van der Waals surface area contributed by atoms with Crippen LogP contribution in [0.15, 0.2) is 28.0 Å². The van der Waals surface area contributed by atoms with Gasteiger partial charge in [-0.15, -0.1) is 0 Å². The molecule has 0 bridgehead atoms. The van der Waals surface area contributed by atoms with E-state index in [1.54, 1.807) is 24.3 Å². The third-order valence-electron chi connectivity index (χ3n) is 4.95. The number of fused-ring (bicyclic) bond motifs is 1. The fraction of sp³-hybridized carbons (Fsp3) is 0.429. The van der Waals surface area contributed by atoms with Crippen LogP contribution in [0.3, 0.4) is 0 Å². The number of nitrogens with one attached hydrogen (secondary N) is 1. The first kappa shape index (κ1) is 22.5. The number of amides is 1. The van der Waals surface area contributed by atoms with Gasteiger partial charge in [0, 0.05) is 32.5 Å². The van der Waals surface area contributed by atoms with E-state index in [0.717, 1.165) is 18.4 Å². The molecule has 9 heteroatoms. The van der Waals surface area contributed by atoms with Crippen LogP contribution in [0.5, 0.6) is 0 Å². The van der Waals surface area contributed by atoms with Crippen molar-refractivity contribution in [3.8, 4) is 0 Å². The lowest BCUT2D eigenvalue weighted by Crippen LogP contribution is -2.36. The number of carbonyl (C=O) groups is 1. The smallest absolute Gasteiger partial charge is 0.267 e. The molecule has 0 aliphatic carbocycles. The Balaban J connectivity index is 2.07. The molecule has 0 aromatic carbocycles. The molecule has 0 saturated carbocycles. The van der Waals surface area contributed by atoms with Crippen LogP contribution in [-0.4, -0.2) is 50.8 Å². The van der Waals surface area contributed by atoms with E-state index < -0.39 is 0 Å². The number of thioether (sulfide) groups is 1. The molecule has 3 heterocycles. The van der Waals surface area contributed by atoms with Crippen molar-refractivity contribution in [3.05, 3.63) is 44.7 Å². The number of anilines is 1. The van der Waals surface area contributed by atoms with E-state index in [4.69, 9.17) is 17.0 Å². The third kappa shape index (κ3) is 4.58. The minimum atomic E-state index is -0.230. The molecule has 30 heavy (non-hydrogen) atoms. The van der Waals surface area contributed by atoms with E-state index in [9.17, 15) is 9.59 Å². The Morgan fingerprint density at radius 3 is 2.83 bits per heavy atom. The van der Waals surface area contributed by atoms with Crippen molar-refractivity contribution in [1.82, 2.24) is 14.3 Å². The highest BCUT2D eigenvalue weighted by molar-refractivity contribution is 8.26. The van der Waals surface area contributed by atoms with Crippen molar-refractivity contribution in [2.24, 2.45) is 0 Å². The minimum absolute atomic E-state index is 0.00788. The van der Waals surface area contributed by atoms with E-state index in [-0.39, 0.29) is 17.5 Å². The molecule has 1 N–H and O–H groups in total. The number of methoxy groups -OCH3 is 1. The molecular formula is C21H26N4O3S2. The predicted molar refractivity (Wildman–Crippen MR) is 126 cm³/mol. The van der Waals surface area contributed by atoms with Gasteiger partial charge in [0.25, 0.3) is 11.5 Å². The van der Waals surface area contributed by atoms with Crippen LogP contribution in [0.25, 0.3) is 11.7 Å². The maximum absolute atomic E-state index is 13.3. The molecule has 7 nitrogen and oxygen atoms in total. The molecule has 2 aromatic heterocycles. The zero-order valence-electron chi connectivity index (χ0n) is 17.6. The lowest BCUT2D eigenvalue weighted by atomic mass is 10.2. The molecule has 0 radical (unpaired) electrons. The largest absolute Gasteiger partial charge is 0.385 e. The van der Waals surface area contributed by atoms with E-state index in [2.05, 4.69) is 10.3 Å². The van der Waals surface area contributed by atoms with Gasteiger partial charge in [-0.2, -0.15) is 0 Å². The number of carbonyl (C=O) groups excluding carboxylic acids is 1. The number of rotatable bonds is 8. The fourth-order valence-corrected chi connectivity index (χ4v) is 4.56. The summed E-state index contributed by atoms with van der Waals surface area (Å²) in [5.74, 6) is 0.284. The average molecular weight is 447 g/mol. The van der Waals surface area contributed by atoms with Gasteiger partial charge in [0.1, 0.15) is 15.8 Å². The molecule has 160 valence electrons. The third-order valence-corrected chi connectivity index (χ3v) is 6.28. The van der Waals surface area contributed by atoms with Gasteiger partial charge >= 0.3 is 0 Å². The molecule has 0 spiro atoms. The Hall–Kier alpha value is -2.23. The Kier molecular flexibility index (Phi) is 7.27. The highest BCUT2D eigenvalue weighted by atomic mass is 32.2. The highest BCUT2D eigenvalue weighted by Gasteiger charge is 2.35. The van der Waals surface area contributed by atoms with Crippen molar-refractivity contribution < 1.29 is 9.53 Å². The maximum atomic E-state index is 13.3. The molecule has 2 aromatic rings. The van der Waals surface area contributed by atoms with Crippen LogP contribution in [-0.2, 0) is 9.53 Å². The van der Waals surface area contributed by atoms with Crippen LogP contribution in [0.1, 0.15) is 37.8 Å². The van der Waals surface area contributed by atoms with Crippen molar-refractivity contribution in [1.29, 1.82) is 0 Å². The quantitative estimate of drug-likeness (QED) is 0.378. The van der Waals surface area contributed by atoms with Gasteiger partial charge in [0.15, 0.2) is 0 Å². The summed E-state index contributed by atoms with van der Waals surface area (Å²) in [7, 11) is 1.65. The number of nitrogens with zero attached hydrogens (tertiary/aromatic N) is 3. The summed E-state index contributed by atoms with van der Waals surface area (Å²) in [6.07, 6.45) is 4.93. The van der Waals surface area contributed by atoms with Crippen molar-refractivity contribution in [3.63, 3.8) is 0 Å². The van der Waals surface area contributed by atoms with Crippen LogP contribution in [0, 0.1) is 6.92 Å². The van der Waals surface area contributed by atoms with Crippen molar-refractivity contribution in [2.45, 2.75) is 39.7 Å². The molecule has 1 unspecified atom stereocenters. The summed E-state index contributed by atoms with van der Waals surface area (Å²) in [6, 6.07) is 3.73. The van der Waals surface area contributed by atoms with Crippen molar-refractivity contribution >= 4 is 51.7 Å². The van der Waals surface area contributed by atoms with Gasteiger partial charge < -0.3 is 10.1 Å². The topological polar surface area (TPSA) is 75.9 Å². The number of ether oxygens (including phenoxy) is 1. The average Bonchev–Trinajstić information content (AvgIpc) is 3.01. The van der Waals surface area contributed by atoms with Gasteiger partial charge in [0.05, 0.1) is 10.5 Å². The summed E-state index contributed by atoms with van der Waals surface area (Å²) >= 11 is 6.63. The SMILES string of the molecule is CCC(C)N1C(=O)C(=Cc2c(NCCCOC)nc3ccc(C)cn3c2=O)SC1=S. The zero-order valence-corrected chi connectivity index (χ0v) is 19.2. The maximum Gasteiger partial charge on any atom is 0.267 e. The van der Waals surface area contributed by atoms with Gasteiger partial charge in [-0.05, 0) is 44.4 Å². The normalized spacial score (nSPS) is 16.7. The number of aryl methyl sites for hydroxylation is 1. The number of hydrogen-bond donors (Lipinski definition) is 1. The second kappa shape index (κ2) is 9.72. The molecule has 1 aliphatic heterocycles. The monoisotopic (exact) mass is 446 g/mol. The second-order valence-corrected chi connectivity index (χ2v) is 8.87. The highest BCUT2D eigenvalue weighted by Crippen LogP contribution is 2.34. The predicted octanol–water partition coefficient (Wildman–Crippen LogP) is 3.45. The first-order valence-electron chi connectivity index (χ1n) is 9.90. The van der Waals surface area contributed by atoms with Crippen LogP contribution >= 0.6 is 24.0 Å². The zero-order chi connectivity index (χ0) is 21.8. The Bertz CT molecular complexity index is 1060. The molecule has 3 rings (SSSR count). The van der Waals surface area contributed by atoms with E-state index in [1.165, 1.54) is 16.2 Å². The lowest BCUT2D eigenvalue weighted by Gasteiger charge is -2.21. The van der Waals surface area contributed by atoms with Gasteiger partial charge in [-0.25, -0.2) is 4.98 Å². The summed E-state index contributed by atoms with van der Waals surface area (Å²) < 4.78 is 7.11. The standard InChI is InChI=1S/C21H26N4O3S2/c1-5-14(3)25-20(27)16(30-21(25)29)11-15-18(22-9-6-10-28-4)23-17-8-7-13(2)12-24(17)19(15)26/h7-8,11-12,14,22H,5-6,9-10H2,1-4H3. The second-order valence-electron chi connectivity index (χ2n) is 7.20. The summed E-state index contributed by atoms with van der Waals surface area (Å²) in [5, 5.41) is 3.22. The first-order valence-corrected chi connectivity index (χ1v) is 11.1. The summed E-state index contributed by atoms with van der Waals surface area (Å²) in [5.41, 5.74) is 1.61. The van der Waals surface area contributed by atoms with Gasteiger partial charge in [0.2, 0.25) is 0 Å². The Morgan fingerprint density at radius 1 is 1.37 bits per heavy atom. The van der Waals surface area contributed by atoms with E-state index in [0.29, 0.717) is 39.4 Å². The molecule has 1 saturated heterocycles. The van der Waals surface area contributed by atoms with E-state index in [1.807, 2.05) is 32.9 Å². The molecule has 1 fully saturated rings. The number of aromatic nitrogens is 2. The fourth-order valence-electron chi connectivity index (χ4n) is 3.12. The molecular weight excluding hydrogens is 420 g/mol. The minimum Gasteiger partial charge on any atom is -0.385 e. The number of hydrogen-bond acceptors (Lipinski definition) is 7. The van der Waals surface area contributed by atoms with Gasteiger partial charge in [-0.3, -0.25) is 18.9 Å². The number of thiocarbonyl (C=S) groups is 1. The first-order chi connectivity index (χ1) is 14.4. The molecule has 1 atom stereocenters. The summed E-state index contributed by atoms with van der Waals surface area (Å²) in [4.78, 5) is 32.9. The molecule has 1 aliphatic rings. The number of pyridine rings is 1.